The molecule has 0 aliphatic carbocycles. The Labute approximate surface area is 145 Å². The maximum absolute atomic E-state index is 4.39. The van der Waals surface area contributed by atoms with E-state index >= 15 is 0 Å². The van der Waals surface area contributed by atoms with E-state index in [9.17, 15) is 0 Å². The van der Waals surface area contributed by atoms with Crippen LogP contribution in [0.25, 0.3) is 0 Å². The van der Waals surface area contributed by atoms with Crippen molar-refractivity contribution >= 4 is 0 Å². The monoisotopic (exact) mass is 330 g/mol. The Kier molecular flexibility index (Phi) is 5.68. The average molecular weight is 330 g/mol. The van der Waals surface area contributed by atoms with Gasteiger partial charge in [0, 0.05) is 50.3 Å². The van der Waals surface area contributed by atoms with Crippen molar-refractivity contribution in [1.29, 1.82) is 0 Å². The van der Waals surface area contributed by atoms with Gasteiger partial charge in [0.2, 0.25) is 0 Å². The molecule has 0 radical (unpaired) electrons. The topological polar surface area (TPSA) is 42.1 Å². The zero-order chi connectivity index (χ0) is 16.9. The number of rotatable bonds is 7. The van der Waals surface area contributed by atoms with Crippen molar-refractivity contribution in [3.8, 4) is 0 Å². The van der Waals surface area contributed by atoms with Gasteiger partial charge in [-0.1, -0.05) is 0 Å². The lowest BCUT2D eigenvalue weighted by Crippen LogP contribution is -2.41. The highest BCUT2D eigenvalue weighted by Gasteiger charge is 2.31. The first-order chi connectivity index (χ1) is 11.6. The van der Waals surface area contributed by atoms with E-state index < -0.39 is 0 Å². The Morgan fingerprint density at radius 3 is 2.92 bits per heavy atom. The quantitative estimate of drug-likeness (QED) is 0.779. The lowest BCUT2D eigenvalue weighted by atomic mass is 9.85. The number of likely N-dealkylation sites (tertiary alicyclic amines) is 1. The fourth-order valence-corrected chi connectivity index (χ4v) is 4.00. The lowest BCUT2D eigenvalue weighted by Gasteiger charge is -2.40. The van der Waals surface area contributed by atoms with E-state index in [4.69, 9.17) is 0 Å². The first-order valence-electron chi connectivity index (χ1n) is 8.96. The summed E-state index contributed by atoms with van der Waals surface area (Å²) in [5, 5.41) is 4.39. The van der Waals surface area contributed by atoms with E-state index in [-0.39, 0.29) is 0 Å². The average Bonchev–Trinajstić information content (AvgIpc) is 3.19. The van der Waals surface area contributed by atoms with Crippen LogP contribution in [0.4, 0.5) is 0 Å². The molecule has 1 fully saturated rings. The molecule has 2 aromatic rings. The van der Waals surface area contributed by atoms with E-state index in [2.05, 4.69) is 44.7 Å². The van der Waals surface area contributed by atoms with Gasteiger partial charge in [-0.3, -0.25) is 9.58 Å². The molecule has 6 nitrogen and oxygen atoms in total. The van der Waals surface area contributed by atoms with Crippen LogP contribution in [0.3, 0.4) is 0 Å². The van der Waals surface area contributed by atoms with Gasteiger partial charge in [-0.25, -0.2) is 4.98 Å². The number of hydrogen-bond donors (Lipinski definition) is 0. The highest BCUT2D eigenvalue weighted by Crippen LogP contribution is 2.35. The number of aryl methyl sites for hydroxylation is 2. The molecule has 1 aliphatic rings. The maximum atomic E-state index is 4.39. The zero-order valence-electron chi connectivity index (χ0n) is 15.2. The molecule has 3 rings (SSSR count). The van der Waals surface area contributed by atoms with Gasteiger partial charge in [0.25, 0.3) is 0 Å². The fraction of sp³-hybridized carbons (Fsp3) is 0.667. The molecule has 2 aromatic heterocycles. The number of aromatic nitrogens is 4. The van der Waals surface area contributed by atoms with Gasteiger partial charge in [-0.05, 0) is 52.4 Å². The van der Waals surface area contributed by atoms with Gasteiger partial charge in [0.05, 0.1) is 12.5 Å². The van der Waals surface area contributed by atoms with Gasteiger partial charge in [-0.15, -0.1) is 0 Å². The summed E-state index contributed by atoms with van der Waals surface area (Å²) in [5.41, 5.74) is 1.36. The van der Waals surface area contributed by atoms with Gasteiger partial charge in [-0.2, -0.15) is 5.10 Å². The van der Waals surface area contributed by atoms with Gasteiger partial charge < -0.3 is 9.47 Å². The molecule has 0 unspecified atom stereocenters. The molecular weight excluding hydrogens is 300 g/mol. The van der Waals surface area contributed by atoms with Crippen LogP contribution in [0.1, 0.15) is 30.9 Å². The van der Waals surface area contributed by atoms with Crippen molar-refractivity contribution in [1.82, 2.24) is 29.1 Å². The van der Waals surface area contributed by atoms with Crippen molar-refractivity contribution in [2.45, 2.75) is 31.8 Å². The molecule has 0 amide bonds. The summed E-state index contributed by atoms with van der Waals surface area (Å²) in [5.74, 6) is 0.672. The van der Waals surface area contributed by atoms with E-state index in [1.807, 2.05) is 36.6 Å². The Morgan fingerprint density at radius 2 is 2.21 bits per heavy atom. The summed E-state index contributed by atoms with van der Waals surface area (Å²) in [6.45, 7) is 4.49. The number of imidazole rings is 1. The van der Waals surface area contributed by atoms with Crippen LogP contribution in [-0.2, 0) is 13.6 Å². The second-order valence-corrected chi connectivity index (χ2v) is 7.19. The molecular formula is C18H30N6. The Hall–Kier alpha value is -1.66. The second-order valence-electron chi connectivity index (χ2n) is 7.19. The summed E-state index contributed by atoms with van der Waals surface area (Å²) in [6, 6.07) is 0.489. The predicted molar refractivity (Wildman–Crippen MR) is 95.6 cm³/mol. The molecule has 0 saturated carbocycles. The van der Waals surface area contributed by atoms with Crippen molar-refractivity contribution < 1.29 is 0 Å². The molecule has 132 valence electrons. The van der Waals surface area contributed by atoms with Crippen LogP contribution in [0.15, 0.2) is 31.1 Å². The van der Waals surface area contributed by atoms with Crippen LogP contribution in [0.2, 0.25) is 0 Å². The minimum Gasteiger partial charge on any atom is -0.337 e. The molecule has 2 atom stereocenters. The molecule has 6 heteroatoms. The van der Waals surface area contributed by atoms with E-state index in [0.29, 0.717) is 12.0 Å². The first kappa shape index (κ1) is 17.2. The van der Waals surface area contributed by atoms with Gasteiger partial charge in [0.15, 0.2) is 0 Å². The fourth-order valence-electron chi connectivity index (χ4n) is 4.00. The SMILES string of the molecule is CN(CCCn1ccnc1)C[C@@H]1CCCN(C)[C@H]1c1cnn(C)c1. The number of piperidine rings is 1. The molecule has 1 aliphatic heterocycles. The van der Waals surface area contributed by atoms with E-state index in [0.717, 1.165) is 26.1 Å². The largest absolute Gasteiger partial charge is 0.337 e. The predicted octanol–water partition coefficient (Wildman–Crippen LogP) is 2.02. The molecule has 0 bridgehead atoms. The normalized spacial score (nSPS) is 22.3. The van der Waals surface area contributed by atoms with E-state index in [1.54, 1.807) is 0 Å². The standard InChI is InChI=1S/C18H30N6/c1-21(8-5-10-24-11-7-19-15-24)13-16-6-4-9-22(2)18(16)17-12-20-23(3)14-17/h7,11-12,14-16,18H,4-6,8-10,13H2,1-3H3/t16-,18+/m0/s1. The smallest absolute Gasteiger partial charge is 0.0945 e. The number of nitrogens with zero attached hydrogens (tertiary/aromatic N) is 6. The first-order valence-corrected chi connectivity index (χ1v) is 8.96. The van der Waals surface area contributed by atoms with E-state index in [1.165, 1.54) is 24.9 Å². The Balaban J connectivity index is 1.54. The van der Waals surface area contributed by atoms with Crippen molar-refractivity contribution in [3.63, 3.8) is 0 Å². The third-order valence-electron chi connectivity index (χ3n) is 5.14. The molecule has 1 saturated heterocycles. The van der Waals surface area contributed by atoms with Crippen LogP contribution in [0.5, 0.6) is 0 Å². The van der Waals surface area contributed by atoms with Crippen molar-refractivity contribution in [2.24, 2.45) is 13.0 Å². The summed E-state index contributed by atoms with van der Waals surface area (Å²) >= 11 is 0. The minimum absolute atomic E-state index is 0.489. The molecule has 24 heavy (non-hydrogen) atoms. The molecule has 0 aromatic carbocycles. The van der Waals surface area contributed by atoms with Crippen LogP contribution in [0, 0.1) is 5.92 Å². The lowest BCUT2D eigenvalue weighted by molar-refractivity contribution is 0.0937. The highest BCUT2D eigenvalue weighted by molar-refractivity contribution is 5.13. The molecule has 3 heterocycles. The molecule has 0 spiro atoms. The van der Waals surface area contributed by atoms with Gasteiger partial charge in [0.1, 0.15) is 0 Å². The summed E-state index contributed by atoms with van der Waals surface area (Å²) in [4.78, 5) is 9.10. The summed E-state index contributed by atoms with van der Waals surface area (Å²) in [6.07, 6.45) is 13.8. The summed E-state index contributed by atoms with van der Waals surface area (Å²) in [7, 11) is 6.51. The third-order valence-corrected chi connectivity index (χ3v) is 5.14. The maximum Gasteiger partial charge on any atom is 0.0945 e. The Bertz CT molecular complexity index is 605. The Morgan fingerprint density at radius 1 is 1.33 bits per heavy atom. The molecule has 0 N–H and O–H groups in total. The highest BCUT2D eigenvalue weighted by atomic mass is 15.3. The van der Waals surface area contributed by atoms with Crippen LogP contribution < -0.4 is 0 Å². The zero-order valence-corrected chi connectivity index (χ0v) is 15.2. The van der Waals surface area contributed by atoms with Crippen molar-refractivity contribution in [2.75, 3.05) is 33.7 Å². The van der Waals surface area contributed by atoms with Crippen LogP contribution >= 0.6 is 0 Å². The van der Waals surface area contributed by atoms with Crippen molar-refractivity contribution in [3.05, 3.63) is 36.7 Å². The van der Waals surface area contributed by atoms with Gasteiger partial charge >= 0.3 is 0 Å². The number of hydrogen-bond acceptors (Lipinski definition) is 4. The van der Waals surface area contributed by atoms with Crippen LogP contribution in [-0.4, -0.2) is 62.9 Å². The second kappa shape index (κ2) is 7.94. The summed E-state index contributed by atoms with van der Waals surface area (Å²) < 4.78 is 4.07. The third kappa shape index (κ3) is 4.24. The minimum atomic E-state index is 0.489.